The van der Waals surface area contributed by atoms with Crippen LogP contribution in [0.3, 0.4) is 0 Å². The largest absolute Gasteiger partial charge is 0.391 e. The second-order valence-corrected chi connectivity index (χ2v) is 7.82. The first-order chi connectivity index (χ1) is 12.8. The summed E-state index contributed by atoms with van der Waals surface area (Å²) in [5.41, 5.74) is 1.59. The second kappa shape index (κ2) is 8.09. The van der Waals surface area contributed by atoms with Gasteiger partial charge in [-0.15, -0.1) is 11.3 Å². The summed E-state index contributed by atoms with van der Waals surface area (Å²) >= 11 is 1.31. The van der Waals surface area contributed by atoms with E-state index in [0.29, 0.717) is 30.0 Å². The zero-order valence-corrected chi connectivity index (χ0v) is 15.2. The molecule has 8 heteroatoms. The molecule has 0 radical (unpaired) electrons. The maximum Gasteiger partial charge on any atom is 0.391 e. The van der Waals surface area contributed by atoms with Crippen LogP contribution in [0.4, 0.5) is 18.3 Å². The Bertz CT molecular complexity index is 839. The number of alkyl halides is 3. The van der Waals surface area contributed by atoms with E-state index in [-0.39, 0.29) is 18.7 Å². The highest BCUT2D eigenvalue weighted by molar-refractivity contribution is 7.15. The van der Waals surface area contributed by atoms with Gasteiger partial charge in [0.2, 0.25) is 5.91 Å². The van der Waals surface area contributed by atoms with Crippen LogP contribution in [0.1, 0.15) is 41.7 Å². The van der Waals surface area contributed by atoms with Crippen LogP contribution in [0.2, 0.25) is 0 Å². The molecule has 1 aromatic heterocycles. The molecule has 2 aromatic rings. The summed E-state index contributed by atoms with van der Waals surface area (Å²) in [5, 5.41) is 11.9. The molecule has 27 heavy (non-hydrogen) atoms. The van der Waals surface area contributed by atoms with Gasteiger partial charge in [-0.1, -0.05) is 18.6 Å². The van der Waals surface area contributed by atoms with E-state index < -0.39 is 18.0 Å². The minimum absolute atomic E-state index is 0.0965. The molecule has 3 rings (SSSR count). The minimum Gasteiger partial charge on any atom is -0.302 e. The normalized spacial score (nSPS) is 20.1. The molecule has 2 unspecified atom stereocenters. The zero-order chi connectivity index (χ0) is 19.4. The molecule has 1 aliphatic carbocycles. The number of nitriles is 1. The molecule has 0 aliphatic heterocycles. The standard InChI is InChI=1S/C19H18F3N3OS/c20-19(21,22)15-3-1-2-14(9-15)17(26)25-18-24-11-16(27-18)8-12-4-6-13(10-23)7-5-12/h4-7,11,14-15H,1-3,8-9H2,(H,24,25,26). The van der Waals surface area contributed by atoms with Gasteiger partial charge in [0, 0.05) is 23.4 Å². The number of nitrogens with zero attached hydrogens (tertiary/aromatic N) is 2. The van der Waals surface area contributed by atoms with Crippen molar-refractivity contribution in [3.05, 3.63) is 46.5 Å². The molecule has 1 aromatic carbocycles. The van der Waals surface area contributed by atoms with E-state index in [1.165, 1.54) is 11.3 Å². The fourth-order valence-corrected chi connectivity index (χ4v) is 4.13. The lowest BCUT2D eigenvalue weighted by Gasteiger charge is -2.29. The molecule has 2 atom stereocenters. The number of hydrogen-bond acceptors (Lipinski definition) is 4. The van der Waals surface area contributed by atoms with Gasteiger partial charge in [-0.05, 0) is 37.0 Å². The van der Waals surface area contributed by atoms with E-state index in [1.807, 2.05) is 12.1 Å². The van der Waals surface area contributed by atoms with Crippen LogP contribution < -0.4 is 5.32 Å². The van der Waals surface area contributed by atoms with Crippen LogP contribution in [0.5, 0.6) is 0 Å². The van der Waals surface area contributed by atoms with Crippen LogP contribution in [0.15, 0.2) is 30.5 Å². The number of nitrogens with one attached hydrogen (secondary N) is 1. The third-order valence-corrected chi connectivity index (χ3v) is 5.67. The summed E-state index contributed by atoms with van der Waals surface area (Å²) < 4.78 is 38.7. The maximum absolute atomic E-state index is 12.9. The maximum atomic E-state index is 12.9. The molecule has 0 bridgehead atoms. The zero-order valence-electron chi connectivity index (χ0n) is 14.4. The van der Waals surface area contributed by atoms with Crippen LogP contribution in [0.25, 0.3) is 0 Å². The van der Waals surface area contributed by atoms with Crippen molar-refractivity contribution >= 4 is 22.4 Å². The van der Waals surface area contributed by atoms with Gasteiger partial charge >= 0.3 is 6.18 Å². The summed E-state index contributed by atoms with van der Waals surface area (Å²) in [6, 6.07) is 9.24. The Balaban J connectivity index is 1.58. The van der Waals surface area contributed by atoms with Gasteiger partial charge in [-0.3, -0.25) is 4.79 Å². The number of halogens is 3. The Morgan fingerprint density at radius 2 is 2.04 bits per heavy atom. The molecular formula is C19H18F3N3OS. The molecule has 1 heterocycles. The average molecular weight is 393 g/mol. The van der Waals surface area contributed by atoms with E-state index in [2.05, 4.69) is 16.4 Å². The van der Waals surface area contributed by atoms with Gasteiger partial charge in [0.1, 0.15) is 0 Å². The molecule has 1 amide bonds. The summed E-state index contributed by atoms with van der Waals surface area (Å²) in [4.78, 5) is 17.4. The van der Waals surface area contributed by atoms with Gasteiger partial charge in [0.15, 0.2) is 5.13 Å². The van der Waals surface area contributed by atoms with Gasteiger partial charge in [-0.25, -0.2) is 4.98 Å². The van der Waals surface area contributed by atoms with Crippen molar-refractivity contribution in [2.24, 2.45) is 11.8 Å². The van der Waals surface area contributed by atoms with Crippen molar-refractivity contribution in [2.45, 2.75) is 38.3 Å². The third-order valence-electron chi connectivity index (χ3n) is 4.75. The van der Waals surface area contributed by atoms with E-state index in [0.717, 1.165) is 10.4 Å². The van der Waals surface area contributed by atoms with Crippen molar-refractivity contribution < 1.29 is 18.0 Å². The van der Waals surface area contributed by atoms with Crippen LogP contribution >= 0.6 is 11.3 Å². The number of amides is 1. The summed E-state index contributed by atoms with van der Waals surface area (Å²) in [6.45, 7) is 0. The Labute approximate surface area is 159 Å². The van der Waals surface area contributed by atoms with Crippen molar-refractivity contribution in [1.29, 1.82) is 5.26 Å². The second-order valence-electron chi connectivity index (χ2n) is 6.71. The first kappa shape index (κ1) is 19.4. The van der Waals surface area contributed by atoms with E-state index in [4.69, 9.17) is 5.26 Å². The van der Waals surface area contributed by atoms with Crippen molar-refractivity contribution in [3.8, 4) is 6.07 Å². The van der Waals surface area contributed by atoms with Crippen molar-refractivity contribution in [3.63, 3.8) is 0 Å². The minimum atomic E-state index is -4.24. The molecule has 1 N–H and O–H groups in total. The topological polar surface area (TPSA) is 65.8 Å². The highest BCUT2D eigenvalue weighted by Crippen LogP contribution is 2.40. The Kier molecular flexibility index (Phi) is 5.80. The number of aromatic nitrogens is 1. The quantitative estimate of drug-likeness (QED) is 0.802. The first-order valence-corrected chi connectivity index (χ1v) is 9.48. The number of thiazole rings is 1. The number of hydrogen-bond donors (Lipinski definition) is 1. The molecule has 1 saturated carbocycles. The van der Waals surface area contributed by atoms with Crippen LogP contribution in [-0.2, 0) is 11.2 Å². The summed E-state index contributed by atoms with van der Waals surface area (Å²) in [6.07, 6.45) is -1.16. The lowest BCUT2D eigenvalue weighted by molar-refractivity contribution is -0.185. The summed E-state index contributed by atoms with van der Waals surface area (Å²) in [7, 11) is 0. The van der Waals surface area contributed by atoms with E-state index >= 15 is 0 Å². The van der Waals surface area contributed by atoms with Crippen molar-refractivity contribution in [2.75, 3.05) is 5.32 Å². The molecule has 1 aliphatic rings. The smallest absolute Gasteiger partial charge is 0.302 e. The van der Waals surface area contributed by atoms with E-state index in [9.17, 15) is 18.0 Å². The monoisotopic (exact) mass is 393 g/mol. The predicted molar refractivity (Wildman–Crippen MR) is 96.2 cm³/mol. The fraction of sp³-hybridized carbons (Fsp3) is 0.421. The van der Waals surface area contributed by atoms with Gasteiger partial charge in [0.05, 0.1) is 17.6 Å². The van der Waals surface area contributed by atoms with E-state index in [1.54, 1.807) is 18.3 Å². The SMILES string of the molecule is N#Cc1ccc(Cc2cnc(NC(=O)C3CCCC(C(F)(F)F)C3)s2)cc1. The predicted octanol–water partition coefficient (Wildman–Crippen LogP) is 4.91. The number of carbonyl (C=O) groups excluding carboxylic acids is 1. The lowest BCUT2D eigenvalue weighted by Crippen LogP contribution is -2.34. The molecule has 142 valence electrons. The molecular weight excluding hydrogens is 375 g/mol. The molecule has 0 spiro atoms. The Morgan fingerprint density at radius 1 is 1.30 bits per heavy atom. The van der Waals surface area contributed by atoms with Gasteiger partial charge in [-0.2, -0.15) is 18.4 Å². The number of benzene rings is 1. The Hall–Kier alpha value is -2.40. The number of carbonyl (C=O) groups is 1. The number of anilines is 1. The summed E-state index contributed by atoms with van der Waals surface area (Å²) in [5.74, 6) is -2.41. The average Bonchev–Trinajstić information content (AvgIpc) is 3.08. The highest BCUT2D eigenvalue weighted by Gasteiger charge is 2.43. The lowest BCUT2D eigenvalue weighted by atomic mass is 9.80. The van der Waals surface area contributed by atoms with Gasteiger partial charge in [0.25, 0.3) is 0 Å². The molecule has 0 saturated heterocycles. The highest BCUT2D eigenvalue weighted by atomic mass is 32.1. The van der Waals surface area contributed by atoms with Gasteiger partial charge < -0.3 is 5.32 Å². The van der Waals surface area contributed by atoms with Crippen molar-refractivity contribution in [1.82, 2.24) is 4.98 Å². The van der Waals surface area contributed by atoms with Crippen LogP contribution in [0, 0.1) is 23.2 Å². The number of rotatable bonds is 4. The molecule has 4 nitrogen and oxygen atoms in total. The van der Waals surface area contributed by atoms with Crippen LogP contribution in [-0.4, -0.2) is 17.1 Å². The fourth-order valence-electron chi connectivity index (χ4n) is 3.28. The first-order valence-electron chi connectivity index (χ1n) is 8.66. The Morgan fingerprint density at radius 3 is 2.70 bits per heavy atom. The third kappa shape index (κ3) is 5.07. The molecule has 1 fully saturated rings.